The van der Waals surface area contributed by atoms with E-state index in [1.807, 2.05) is 0 Å². The summed E-state index contributed by atoms with van der Waals surface area (Å²) < 4.78 is 5.88. The average Bonchev–Trinajstić information content (AvgIpc) is 1.99. The van der Waals surface area contributed by atoms with E-state index in [2.05, 4.69) is 40.4 Å². The molecule has 0 saturated heterocycles. The lowest BCUT2D eigenvalue weighted by Crippen LogP contribution is -2.44. The highest BCUT2D eigenvalue weighted by atomic mass is 28.4. The van der Waals surface area contributed by atoms with Crippen molar-refractivity contribution in [1.82, 2.24) is 0 Å². The van der Waals surface area contributed by atoms with E-state index in [0.717, 1.165) is 0 Å². The molecule has 0 bridgehead atoms. The van der Waals surface area contributed by atoms with Gasteiger partial charge in [-0.15, -0.1) is 0 Å². The number of carbonyl (C=O) groups is 1. The fraction of sp³-hybridized carbons (Fsp3) is 0.727. The highest BCUT2D eigenvalue weighted by molar-refractivity contribution is 6.74. The fourth-order valence-electron chi connectivity index (χ4n) is 0.864. The molecule has 15 heavy (non-hydrogen) atoms. The Morgan fingerprint density at radius 1 is 1.40 bits per heavy atom. The first kappa shape index (κ1) is 14.4. The van der Waals surface area contributed by atoms with Gasteiger partial charge in [-0.2, -0.15) is 0 Å². The summed E-state index contributed by atoms with van der Waals surface area (Å²) in [4.78, 5) is 10.7. The number of hydrogen-bond acceptors (Lipinski definition) is 2. The van der Waals surface area contributed by atoms with E-state index in [9.17, 15) is 4.79 Å². The molecule has 0 fully saturated rings. The minimum absolute atomic E-state index is 0.0834. The Morgan fingerprint density at radius 3 is 2.07 bits per heavy atom. The lowest BCUT2D eigenvalue weighted by atomic mass is 10.2. The van der Waals surface area contributed by atoms with Crippen molar-refractivity contribution in [3.63, 3.8) is 0 Å². The first-order valence-electron chi connectivity index (χ1n) is 5.09. The average molecular weight is 230 g/mol. The number of carboxylic acid groups (broad SMARTS) is 1. The Morgan fingerprint density at radius 2 is 1.80 bits per heavy atom. The monoisotopic (exact) mass is 230 g/mol. The quantitative estimate of drug-likeness (QED) is 0.596. The van der Waals surface area contributed by atoms with Gasteiger partial charge in [0.05, 0.1) is 11.7 Å². The van der Waals surface area contributed by atoms with Crippen molar-refractivity contribution >= 4 is 14.3 Å². The van der Waals surface area contributed by atoms with E-state index >= 15 is 0 Å². The van der Waals surface area contributed by atoms with Crippen LogP contribution in [0.15, 0.2) is 12.2 Å². The maximum Gasteiger partial charge on any atom is 0.333 e. The third-order valence-electron chi connectivity index (χ3n) is 3.04. The minimum atomic E-state index is -1.90. The van der Waals surface area contributed by atoms with Gasteiger partial charge in [-0.05, 0) is 25.1 Å². The van der Waals surface area contributed by atoms with Gasteiger partial charge in [0.2, 0.25) is 0 Å². The molecule has 1 N–H and O–H groups in total. The molecule has 0 aliphatic carbocycles. The molecule has 0 aliphatic heterocycles. The van der Waals surface area contributed by atoms with Crippen molar-refractivity contribution in [2.24, 2.45) is 0 Å². The van der Waals surface area contributed by atoms with Crippen molar-refractivity contribution < 1.29 is 14.3 Å². The van der Waals surface area contributed by atoms with Crippen LogP contribution in [-0.4, -0.2) is 25.5 Å². The van der Waals surface area contributed by atoms with Gasteiger partial charge < -0.3 is 9.53 Å². The van der Waals surface area contributed by atoms with Crippen molar-refractivity contribution in [2.45, 2.75) is 51.9 Å². The van der Waals surface area contributed by atoms with Crippen molar-refractivity contribution in [2.75, 3.05) is 0 Å². The van der Waals surface area contributed by atoms with Crippen LogP contribution in [0.4, 0.5) is 0 Å². The summed E-state index contributed by atoms with van der Waals surface area (Å²) in [6.45, 7) is 15.8. The number of rotatable bonds is 4. The van der Waals surface area contributed by atoms with E-state index in [-0.39, 0.29) is 10.6 Å². The Labute approximate surface area is 93.3 Å². The van der Waals surface area contributed by atoms with Crippen LogP contribution in [0.5, 0.6) is 0 Å². The van der Waals surface area contributed by atoms with Crippen molar-refractivity contribution in [1.29, 1.82) is 0 Å². The highest BCUT2D eigenvalue weighted by Crippen LogP contribution is 2.37. The molecule has 0 radical (unpaired) electrons. The Hall–Kier alpha value is -0.613. The van der Waals surface area contributed by atoms with Gasteiger partial charge in [-0.25, -0.2) is 4.79 Å². The Kier molecular flexibility index (Phi) is 4.31. The van der Waals surface area contributed by atoms with Crippen LogP contribution in [0.2, 0.25) is 18.1 Å². The molecule has 1 unspecified atom stereocenters. The fourth-order valence-corrected chi connectivity index (χ4v) is 2.24. The first-order chi connectivity index (χ1) is 6.49. The normalized spacial score (nSPS) is 14.8. The van der Waals surface area contributed by atoms with Crippen LogP contribution in [0.25, 0.3) is 0 Å². The largest absolute Gasteiger partial charge is 0.478 e. The van der Waals surface area contributed by atoms with Crippen molar-refractivity contribution in [3.05, 3.63) is 12.2 Å². The number of hydrogen-bond donors (Lipinski definition) is 1. The summed E-state index contributed by atoms with van der Waals surface area (Å²) in [5.74, 6) is -0.985. The third-order valence-corrected chi connectivity index (χ3v) is 7.60. The molecule has 0 aromatic carbocycles. The topological polar surface area (TPSA) is 46.5 Å². The zero-order chi connectivity index (χ0) is 12.4. The second-order valence-electron chi connectivity index (χ2n) is 5.35. The summed E-state index contributed by atoms with van der Waals surface area (Å²) in [7, 11) is -1.90. The van der Waals surface area contributed by atoms with Crippen LogP contribution in [-0.2, 0) is 9.22 Å². The summed E-state index contributed by atoms with van der Waals surface area (Å²) in [5, 5.41) is 8.87. The molecule has 0 aliphatic rings. The number of carboxylic acids is 1. The zero-order valence-corrected chi connectivity index (χ0v) is 11.5. The van der Waals surface area contributed by atoms with Gasteiger partial charge in [0, 0.05) is 0 Å². The lowest BCUT2D eigenvalue weighted by Gasteiger charge is -2.38. The van der Waals surface area contributed by atoms with Gasteiger partial charge >= 0.3 is 5.97 Å². The van der Waals surface area contributed by atoms with Crippen molar-refractivity contribution in [3.8, 4) is 0 Å². The standard InChI is InChI=1S/C11H22O3Si/c1-8(10(12)13)9(2)14-15(6,7)11(3,4)5/h9H,1H2,2-7H3,(H,12,13). The summed E-state index contributed by atoms with van der Waals surface area (Å²) in [6.07, 6.45) is -0.414. The van der Waals surface area contributed by atoms with E-state index in [4.69, 9.17) is 9.53 Å². The smallest absolute Gasteiger partial charge is 0.333 e. The van der Waals surface area contributed by atoms with Gasteiger partial charge in [-0.3, -0.25) is 0 Å². The maximum absolute atomic E-state index is 10.7. The molecule has 88 valence electrons. The summed E-state index contributed by atoms with van der Waals surface area (Å²) in [6, 6.07) is 0. The maximum atomic E-state index is 10.7. The van der Waals surface area contributed by atoms with Crippen LogP contribution in [0.1, 0.15) is 27.7 Å². The summed E-state index contributed by atoms with van der Waals surface area (Å²) in [5.41, 5.74) is 0.125. The van der Waals surface area contributed by atoms with Crippen LogP contribution >= 0.6 is 0 Å². The molecular weight excluding hydrogens is 208 g/mol. The highest BCUT2D eigenvalue weighted by Gasteiger charge is 2.39. The molecule has 0 saturated carbocycles. The van der Waals surface area contributed by atoms with Gasteiger partial charge in [0.25, 0.3) is 0 Å². The molecule has 3 nitrogen and oxygen atoms in total. The van der Waals surface area contributed by atoms with Crippen LogP contribution < -0.4 is 0 Å². The van der Waals surface area contributed by atoms with Crippen LogP contribution in [0, 0.1) is 0 Å². The third kappa shape index (κ3) is 3.79. The van der Waals surface area contributed by atoms with Crippen LogP contribution in [0.3, 0.4) is 0 Å². The van der Waals surface area contributed by atoms with E-state index < -0.39 is 20.4 Å². The lowest BCUT2D eigenvalue weighted by molar-refractivity contribution is -0.133. The second kappa shape index (κ2) is 4.49. The Balaban J connectivity index is 4.61. The van der Waals surface area contributed by atoms with E-state index in [1.165, 1.54) is 0 Å². The predicted octanol–water partition coefficient (Wildman–Crippen LogP) is 3.04. The molecular formula is C11H22O3Si. The SMILES string of the molecule is C=C(C(=O)O)C(C)O[Si](C)(C)C(C)(C)C. The zero-order valence-electron chi connectivity index (χ0n) is 10.5. The van der Waals surface area contributed by atoms with E-state index in [1.54, 1.807) is 6.92 Å². The van der Waals surface area contributed by atoms with Gasteiger partial charge in [0.15, 0.2) is 8.32 Å². The molecule has 0 amide bonds. The number of aliphatic carboxylic acids is 1. The molecule has 1 atom stereocenters. The summed E-state index contributed by atoms with van der Waals surface area (Å²) >= 11 is 0. The molecule has 4 heteroatoms. The second-order valence-corrected chi connectivity index (χ2v) is 10.1. The minimum Gasteiger partial charge on any atom is -0.478 e. The first-order valence-corrected chi connectivity index (χ1v) is 8.00. The van der Waals surface area contributed by atoms with Gasteiger partial charge in [-0.1, -0.05) is 27.4 Å². The molecule has 0 aromatic rings. The van der Waals surface area contributed by atoms with Gasteiger partial charge in [0.1, 0.15) is 0 Å². The predicted molar refractivity (Wildman–Crippen MR) is 64.5 cm³/mol. The van der Waals surface area contributed by atoms with E-state index in [0.29, 0.717) is 0 Å². The molecule has 0 heterocycles. The molecule has 0 aromatic heterocycles. The molecule has 0 rings (SSSR count). The molecule has 0 spiro atoms. The Bertz CT molecular complexity index is 263.